The van der Waals surface area contributed by atoms with Crippen molar-refractivity contribution in [1.29, 1.82) is 0 Å². The van der Waals surface area contributed by atoms with Gasteiger partial charge < -0.3 is 14.7 Å². The van der Waals surface area contributed by atoms with Crippen LogP contribution in [-0.4, -0.2) is 49.0 Å². The van der Waals surface area contributed by atoms with E-state index in [0.717, 1.165) is 32.0 Å². The summed E-state index contributed by atoms with van der Waals surface area (Å²) in [6, 6.07) is 0.508. The van der Waals surface area contributed by atoms with Crippen molar-refractivity contribution in [2.45, 2.75) is 45.3 Å². The second-order valence-electron chi connectivity index (χ2n) is 4.87. The topological polar surface area (TPSA) is 32.7 Å². The lowest BCUT2D eigenvalue weighted by Gasteiger charge is -2.36. The molecule has 90 valence electrons. The van der Waals surface area contributed by atoms with Gasteiger partial charge in [-0.05, 0) is 52.1 Å². The van der Waals surface area contributed by atoms with Crippen LogP contribution < -0.4 is 0 Å². The van der Waals surface area contributed by atoms with Crippen LogP contribution in [0.4, 0.5) is 0 Å². The van der Waals surface area contributed by atoms with Crippen molar-refractivity contribution >= 4 is 0 Å². The highest BCUT2D eigenvalue weighted by molar-refractivity contribution is 4.77. The molecule has 0 aromatic heterocycles. The number of aliphatic hydroxyl groups is 1. The van der Waals surface area contributed by atoms with E-state index in [4.69, 9.17) is 4.74 Å². The van der Waals surface area contributed by atoms with Gasteiger partial charge in [-0.15, -0.1) is 0 Å². The van der Waals surface area contributed by atoms with E-state index in [2.05, 4.69) is 11.8 Å². The minimum Gasteiger partial charge on any atom is -0.393 e. The highest BCUT2D eigenvalue weighted by Gasteiger charge is 2.22. The van der Waals surface area contributed by atoms with Crippen LogP contribution in [0.3, 0.4) is 0 Å². The third-order valence-electron chi connectivity index (χ3n) is 3.36. The van der Waals surface area contributed by atoms with Gasteiger partial charge in [0.05, 0.1) is 6.10 Å². The Balaban J connectivity index is 2.24. The monoisotopic (exact) mass is 215 g/mol. The van der Waals surface area contributed by atoms with Crippen LogP contribution in [0.5, 0.6) is 0 Å². The largest absolute Gasteiger partial charge is 0.393 e. The third-order valence-corrected chi connectivity index (χ3v) is 3.36. The summed E-state index contributed by atoms with van der Waals surface area (Å²) in [6.45, 7) is 7.29. The molecule has 0 saturated carbocycles. The van der Waals surface area contributed by atoms with Crippen molar-refractivity contribution in [3.05, 3.63) is 0 Å². The fraction of sp³-hybridized carbons (Fsp3) is 1.00. The molecule has 1 N–H and O–H groups in total. The number of likely N-dealkylation sites (tertiary alicyclic amines) is 1. The summed E-state index contributed by atoms with van der Waals surface area (Å²) in [4.78, 5) is 2.49. The zero-order valence-electron chi connectivity index (χ0n) is 10.3. The first-order chi connectivity index (χ1) is 7.13. The molecular weight excluding hydrogens is 190 g/mol. The van der Waals surface area contributed by atoms with Crippen LogP contribution in [0.1, 0.15) is 33.1 Å². The first kappa shape index (κ1) is 12.9. The quantitative estimate of drug-likeness (QED) is 0.754. The van der Waals surface area contributed by atoms with Gasteiger partial charge >= 0.3 is 0 Å². The van der Waals surface area contributed by atoms with Crippen molar-refractivity contribution in [2.75, 3.05) is 26.8 Å². The Morgan fingerprint density at radius 3 is 2.40 bits per heavy atom. The zero-order valence-corrected chi connectivity index (χ0v) is 10.3. The SMILES string of the molecule is COCC1CCN(C(C)CC(C)O)CC1. The van der Waals surface area contributed by atoms with E-state index in [1.54, 1.807) is 7.11 Å². The maximum Gasteiger partial charge on any atom is 0.0526 e. The Bertz CT molecular complexity index is 165. The minimum atomic E-state index is -0.184. The Kier molecular flexibility index (Phi) is 5.58. The lowest BCUT2D eigenvalue weighted by Crippen LogP contribution is -2.41. The number of methoxy groups -OCH3 is 1. The molecule has 1 saturated heterocycles. The molecule has 1 rings (SSSR count). The van der Waals surface area contributed by atoms with Crippen molar-refractivity contribution in [3.63, 3.8) is 0 Å². The molecule has 0 aromatic carbocycles. The van der Waals surface area contributed by atoms with E-state index in [-0.39, 0.29) is 6.10 Å². The van der Waals surface area contributed by atoms with Gasteiger partial charge in [0.25, 0.3) is 0 Å². The standard InChI is InChI=1S/C12H25NO2/c1-10(8-11(2)14)13-6-4-12(5-7-13)9-15-3/h10-12,14H,4-9H2,1-3H3. The average molecular weight is 215 g/mol. The molecule has 2 unspecified atom stereocenters. The van der Waals surface area contributed by atoms with Crippen molar-refractivity contribution in [3.8, 4) is 0 Å². The maximum atomic E-state index is 9.34. The molecule has 1 heterocycles. The summed E-state index contributed by atoms with van der Waals surface area (Å²) in [5.74, 6) is 0.741. The molecule has 1 aliphatic heterocycles. The zero-order chi connectivity index (χ0) is 11.3. The summed E-state index contributed by atoms with van der Waals surface area (Å²) in [5, 5.41) is 9.34. The molecule has 0 amide bonds. The van der Waals surface area contributed by atoms with Crippen LogP contribution in [0.2, 0.25) is 0 Å². The van der Waals surface area contributed by atoms with Gasteiger partial charge in [-0.2, -0.15) is 0 Å². The molecule has 0 bridgehead atoms. The summed E-state index contributed by atoms with van der Waals surface area (Å²) in [6.07, 6.45) is 3.17. The van der Waals surface area contributed by atoms with Gasteiger partial charge in [-0.1, -0.05) is 0 Å². The number of ether oxygens (including phenoxy) is 1. The van der Waals surface area contributed by atoms with Gasteiger partial charge in [-0.25, -0.2) is 0 Å². The maximum absolute atomic E-state index is 9.34. The number of nitrogens with zero attached hydrogens (tertiary/aromatic N) is 1. The smallest absolute Gasteiger partial charge is 0.0526 e. The molecule has 3 heteroatoms. The predicted octanol–water partition coefficient (Wildman–Crippen LogP) is 1.50. The molecule has 1 fully saturated rings. The molecule has 3 nitrogen and oxygen atoms in total. The van der Waals surface area contributed by atoms with Crippen LogP contribution in [-0.2, 0) is 4.74 Å². The summed E-state index contributed by atoms with van der Waals surface area (Å²) in [7, 11) is 1.78. The molecule has 0 aromatic rings. The first-order valence-electron chi connectivity index (χ1n) is 6.04. The fourth-order valence-corrected chi connectivity index (χ4v) is 2.44. The van der Waals surface area contributed by atoms with E-state index in [0.29, 0.717) is 6.04 Å². The normalized spacial score (nSPS) is 24.0. The van der Waals surface area contributed by atoms with Gasteiger partial charge in [0.1, 0.15) is 0 Å². The van der Waals surface area contributed by atoms with Crippen LogP contribution >= 0.6 is 0 Å². The van der Waals surface area contributed by atoms with Gasteiger partial charge in [-0.3, -0.25) is 0 Å². The Labute approximate surface area is 93.4 Å². The Morgan fingerprint density at radius 2 is 1.93 bits per heavy atom. The fourth-order valence-electron chi connectivity index (χ4n) is 2.44. The molecular formula is C12H25NO2. The molecule has 0 aliphatic carbocycles. The Morgan fingerprint density at radius 1 is 1.33 bits per heavy atom. The van der Waals surface area contributed by atoms with Crippen LogP contribution in [0, 0.1) is 5.92 Å². The number of aliphatic hydroxyl groups excluding tert-OH is 1. The Hall–Kier alpha value is -0.120. The van der Waals surface area contributed by atoms with E-state index < -0.39 is 0 Å². The van der Waals surface area contributed by atoms with E-state index in [1.807, 2.05) is 6.92 Å². The van der Waals surface area contributed by atoms with Crippen molar-refractivity contribution < 1.29 is 9.84 Å². The highest BCUT2D eigenvalue weighted by atomic mass is 16.5. The second kappa shape index (κ2) is 6.46. The van der Waals surface area contributed by atoms with E-state index >= 15 is 0 Å². The molecule has 0 spiro atoms. The molecule has 1 aliphatic rings. The number of hydrogen-bond acceptors (Lipinski definition) is 3. The third kappa shape index (κ3) is 4.49. The van der Waals surface area contributed by atoms with E-state index in [1.165, 1.54) is 12.8 Å². The molecule has 0 radical (unpaired) electrons. The highest BCUT2D eigenvalue weighted by Crippen LogP contribution is 2.20. The summed E-state index contributed by atoms with van der Waals surface area (Å²) < 4.78 is 5.18. The second-order valence-corrected chi connectivity index (χ2v) is 4.87. The lowest BCUT2D eigenvalue weighted by molar-refractivity contribution is 0.0651. The summed E-state index contributed by atoms with van der Waals surface area (Å²) >= 11 is 0. The first-order valence-corrected chi connectivity index (χ1v) is 6.04. The lowest BCUT2D eigenvalue weighted by atomic mass is 9.96. The van der Waals surface area contributed by atoms with Crippen LogP contribution in [0.25, 0.3) is 0 Å². The van der Waals surface area contributed by atoms with Crippen molar-refractivity contribution in [1.82, 2.24) is 4.90 Å². The van der Waals surface area contributed by atoms with Gasteiger partial charge in [0.2, 0.25) is 0 Å². The summed E-state index contributed by atoms with van der Waals surface area (Å²) in [5.41, 5.74) is 0. The van der Waals surface area contributed by atoms with Crippen LogP contribution in [0.15, 0.2) is 0 Å². The van der Waals surface area contributed by atoms with E-state index in [9.17, 15) is 5.11 Å². The average Bonchev–Trinajstić information content (AvgIpc) is 2.18. The van der Waals surface area contributed by atoms with Gasteiger partial charge in [0, 0.05) is 19.8 Å². The van der Waals surface area contributed by atoms with Crippen molar-refractivity contribution in [2.24, 2.45) is 5.92 Å². The molecule has 15 heavy (non-hydrogen) atoms. The number of hydrogen-bond donors (Lipinski definition) is 1. The number of piperidine rings is 1. The predicted molar refractivity (Wildman–Crippen MR) is 61.9 cm³/mol. The van der Waals surface area contributed by atoms with Gasteiger partial charge in [0.15, 0.2) is 0 Å². The number of rotatable bonds is 5. The minimum absolute atomic E-state index is 0.184. The molecule has 2 atom stereocenters.